The van der Waals surface area contributed by atoms with E-state index in [0.717, 1.165) is 0 Å². The number of carbonyl (C=O) groups is 1. The molecule has 0 saturated carbocycles. The third-order valence-corrected chi connectivity index (χ3v) is 5.47. The van der Waals surface area contributed by atoms with E-state index in [1.54, 1.807) is 0 Å². The van der Waals surface area contributed by atoms with Crippen LogP contribution in [0.5, 0.6) is 0 Å². The lowest BCUT2D eigenvalue weighted by Gasteiger charge is -2.30. The predicted octanol–water partition coefficient (Wildman–Crippen LogP) is 1.64. The number of ether oxygens (including phenoxy) is 1. The van der Waals surface area contributed by atoms with Crippen LogP contribution in [0.2, 0.25) is 0 Å². The number of carbonyl (C=O) groups excluding carboxylic acids is 1. The maximum absolute atomic E-state index is 12.5. The van der Waals surface area contributed by atoms with Crippen LogP contribution in [0.1, 0.15) is 32.1 Å². The first-order valence-electron chi connectivity index (χ1n) is 6.69. The first-order valence-corrected chi connectivity index (χ1v) is 8.30. The fourth-order valence-electron chi connectivity index (χ4n) is 2.19. The summed E-state index contributed by atoms with van der Waals surface area (Å²) in [7, 11) is -2.12. The molecule has 0 N–H and O–H groups in total. The lowest BCUT2D eigenvalue weighted by Crippen LogP contribution is -2.41. The number of esters is 1. The SMILES string of the molecule is COC(=O)CCCCS(=O)(=O)N1CCC(C(F)F)CC1. The number of methoxy groups -OCH3 is 1. The molecule has 0 bridgehead atoms. The molecule has 1 aliphatic heterocycles. The minimum Gasteiger partial charge on any atom is -0.469 e. The van der Waals surface area contributed by atoms with E-state index in [1.807, 2.05) is 0 Å². The minimum absolute atomic E-state index is 0.0522. The molecule has 1 rings (SSSR count). The zero-order valence-electron chi connectivity index (χ0n) is 11.6. The van der Waals surface area contributed by atoms with E-state index in [4.69, 9.17) is 0 Å². The van der Waals surface area contributed by atoms with E-state index in [-0.39, 0.29) is 44.1 Å². The number of halogens is 2. The Kier molecular flexibility index (Phi) is 6.81. The third-order valence-electron chi connectivity index (χ3n) is 3.51. The van der Waals surface area contributed by atoms with Gasteiger partial charge in [-0.2, -0.15) is 0 Å². The molecule has 20 heavy (non-hydrogen) atoms. The fourth-order valence-corrected chi connectivity index (χ4v) is 3.79. The van der Waals surface area contributed by atoms with Gasteiger partial charge in [-0.15, -0.1) is 0 Å². The van der Waals surface area contributed by atoms with Gasteiger partial charge in [0, 0.05) is 25.4 Å². The Morgan fingerprint density at radius 3 is 2.40 bits per heavy atom. The number of alkyl halides is 2. The van der Waals surface area contributed by atoms with Gasteiger partial charge in [-0.05, 0) is 25.7 Å². The third kappa shape index (κ3) is 5.32. The molecule has 0 amide bonds. The highest BCUT2D eigenvalue weighted by molar-refractivity contribution is 7.89. The Labute approximate surface area is 118 Å². The first kappa shape index (κ1) is 17.3. The maximum Gasteiger partial charge on any atom is 0.305 e. The normalized spacial score (nSPS) is 18.4. The number of unbranched alkanes of at least 4 members (excludes halogenated alkanes) is 1. The van der Waals surface area contributed by atoms with Gasteiger partial charge in [-0.25, -0.2) is 21.5 Å². The average Bonchev–Trinajstić information content (AvgIpc) is 2.43. The maximum atomic E-state index is 12.5. The number of piperidine rings is 1. The number of hydrogen-bond acceptors (Lipinski definition) is 4. The molecule has 0 aromatic carbocycles. The van der Waals surface area contributed by atoms with E-state index in [9.17, 15) is 22.0 Å². The zero-order chi connectivity index (χ0) is 15.2. The number of hydrogen-bond donors (Lipinski definition) is 0. The summed E-state index contributed by atoms with van der Waals surface area (Å²) in [6.07, 6.45) is -0.955. The monoisotopic (exact) mass is 313 g/mol. The second-order valence-electron chi connectivity index (χ2n) is 4.92. The standard InChI is InChI=1S/C12H21F2NO4S/c1-19-11(16)4-2-3-9-20(17,18)15-7-5-10(6-8-15)12(13)14/h10,12H,2-9H2,1H3. The predicted molar refractivity (Wildman–Crippen MR) is 70.0 cm³/mol. The highest BCUT2D eigenvalue weighted by Crippen LogP contribution is 2.25. The largest absolute Gasteiger partial charge is 0.469 e. The summed E-state index contributed by atoms with van der Waals surface area (Å²) < 4.78 is 54.7. The van der Waals surface area contributed by atoms with Crippen LogP contribution in [0, 0.1) is 5.92 Å². The Bertz CT molecular complexity index is 406. The summed E-state index contributed by atoms with van der Waals surface area (Å²) in [5, 5.41) is 0. The van der Waals surface area contributed by atoms with Gasteiger partial charge in [0.1, 0.15) is 0 Å². The van der Waals surface area contributed by atoms with Crippen LogP contribution < -0.4 is 0 Å². The lowest BCUT2D eigenvalue weighted by molar-refractivity contribution is -0.140. The first-order chi connectivity index (χ1) is 9.36. The van der Waals surface area contributed by atoms with E-state index in [0.29, 0.717) is 12.8 Å². The Morgan fingerprint density at radius 1 is 1.30 bits per heavy atom. The van der Waals surface area contributed by atoms with Gasteiger partial charge in [0.2, 0.25) is 16.4 Å². The van der Waals surface area contributed by atoms with Crippen molar-refractivity contribution in [2.45, 2.75) is 38.5 Å². The van der Waals surface area contributed by atoms with Crippen LogP contribution in [-0.2, 0) is 19.6 Å². The summed E-state index contributed by atoms with van der Waals surface area (Å²) in [4.78, 5) is 10.9. The molecule has 1 aliphatic rings. The van der Waals surface area contributed by atoms with Crippen molar-refractivity contribution in [3.05, 3.63) is 0 Å². The van der Waals surface area contributed by atoms with Gasteiger partial charge >= 0.3 is 5.97 Å². The molecule has 0 aromatic rings. The molecule has 0 spiro atoms. The molecular formula is C12H21F2NO4S. The van der Waals surface area contributed by atoms with Gasteiger partial charge in [-0.1, -0.05) is 0 Å². The van der Waals surface area contributed by atoms with Crippen molar-refractivity contribution >= 4 is 16.0 Å². The number of rotatable bonds is 7. The summed E-state index contributed by atoms with van der Waals surface area (Å²) in [5.74, 6) is -1.11. The molecule has 1 fully saturated rings. The minimum atomic E-state index is -3.40. The van der Waals surface area contributed by atoms with Gasteiger partial charge < -0.3 is 4.74 Å². The molecule has 8 heteroatoms. The van der Waals surface area contributed by atoms with E-state index >= 15 is 0 Å². The molecule has 0 aliphatic carbocycles. The van der Waals surface area contributed by atoms with Crippen molar-refractivity contribution in [3.63, 3.8) is 0 Å². The highest BCUT2D eigenvalue weighted by Gasteiger charge is 2.31. The van der Waals surface area contributed by atoms with Crippen molar-refractivity contribution < 1.29 is 26.7 Å². The summed E-state index contributed by atoms with van der Waals surface area (Å²) >= 11 is 0. The summed E-state index contributed by atoms with van der Waals surface area (Å²) in [6, 6.07) is 0. The van der Waals surface area contributed by atoms with Crippen molar-refractivity contribution in [2.75, 3.05) is 26.0 Å². The van der Waals surface area contributed by atoms with E-state index in [1.165, 1.54) is 11.4 Å². The second-order valence-corrected chi connectivity index (χ2v) is 7.01. The zero-order valence-corrected chi connectivity index (χ0v) is 12.4. The van der Waals surface area contributed by atoms with Gasteiger partial charge in [0.15, 0.2) is 0 Å². The average molecular weight is 313 g/mol. The number of sulfonamides is 1. The smallest absolute Gasteiger partial charge is 0.305 e. The number of nitrogens with zero attached hydrogens (tertiary/aromatic N) is 1. The topological polar surface area (TPSA) is 63.7 Å². The fraction of sp³-hybridized carbons (Fsp3) is 0.917. The van der Waals surface area contributed by atoms with Crippen LogP contribution in [0.25, 0.3) is 0 Å². The van der Waals surface area contributed by atoms with E-state index in [2.05, 4.69) is 4.74 Å². The molecule has 118 valence electrons. The van der Waals surface area contributed by atoms with Gasteiger partial charge in [0.05, 0.1) is 12.9 Å². The molecular weight excluding hydrogens is 292 g/mol. The van der Waals surface area contributed by atoms with Crippen molar-refractivity contribution in [2.24, 2.45) is 5.92 Å². The van der Waals surface area contributed by atoms with Crippen molar-refractivity contribution in [3.8, 4) is 0 Å². The van der Waals surface area contributed by atoms with Crippen LogP contribution in [0.4, 0.5) is 8.78 Å². The lowest BCUT2D eigenvalue weighted by atomic mass is 9.99. The molecule has 1 saturated heterocycles. The highest BCUT2D eigenvalue weighted by atomic mass is 32.2. The molecule has 0 atom stereocenters. The summed E-state index contributed by atoms with van der Waals surface area (Å²) in [6.45, 7) is 0.322. The Hall–Kier alpha value is -0.760. The van der Waals surface area contributed by atoms with Crippen LogP contribution in [0.15, 0.2) is 0 Å². The van der Waals surface area contributed by atoms with Crippen LogP contribution >= 0.6 is 0 Å². The van der Waals surface area contributed by atoms with Crippen LogP contribution in [-0.4, -0.2) is 51.1 Å². The molecule has 0 unspecified atom stereocenters. The van der Waals surface area contributed by atoms with Gasteiger partial charge in [-0.3, -0.25) is 4.79 Å². The summed E-state index contributed by atoms with van der Waals surface area (Å²) in [5.41, 5.74) is 0. The molecule has 0 aromatic heterocycles. The van der Waals surface area contributed by atoms with Gasteiger partial charge in [0.25, 0.3) is 0 Å². The van der Waals surface area contributed by atoms with Crippen molar-refractivity contribution in [1.29, 1.82) is 0 Å². The van der Waals surface area contributed by atoms with Crippen molar-refractivity contribution in [1.82, 2.24) is 4.31 Å². The second kappa shape index (κ2) is 7.87. The molecule has 0 radical (unpaired) electrons. The Balaban J connectivity index is 2.33. The molecule has 5 nitrogen and oxygen atoms in total. The Morgan fingerprint density at radius 2 is 1.90 bits per heavy atom. The quantitative estimate of drug-likeness (QED) is 0.529. The van der Waals surface area contributed by atoms with E-state index < -0.39 is 22.4 Å². The van der Waals surface area contributed by atoms with Crippen LogP contribution in [0.3, 0.4) is 0 Å². The molecule has 1 heterocycles.